The fourth-order valence-corrected chi connectivity index (χ4v) is 3.32. The Balaban J connectivity index is 5.63. The summed E-state index contributed by atoms with van der Waals surface area (Å²) in [6.45, 7) is 33.4. The predicted octanol–water partition coefficient (Wildman–Crippen LogP) is 6.21. The van der Waals surface area contributed by atoms with E-state index in [1.54, 1.807) is 0 Å². The molecule has 0 aliphatic carbocycles. The molecule has 0 radical (unpaired) electrons. The van der Waals surface area contributed by atoms with Gasteiger partial charge in [0.25, 0.3) is 0 Å². The van der Waals surface area contributed by atoms with Gasteiger partial charge in [0.1, 0.15) is 0 Å². The summed E-state index contributed by atoms with van der Waals surface area (Å²) in [4.78, 5) is 0. The molecule has 0 aliphatic heterocycles. The summed E-state index contributed by atoms with van der Waals surface area (Å²) < 4.78 is 0. The minimum atomic E-state index is -0.409. The van der Waals surface area contributed by atoms with Crippen LogP contribution >= 0.6 is 0 Å². The predicted molar refractivity (Wildman–Crippen MR) is 102 cm³/mol. The first kappa shape index (κ1) is 21.4. The van der Waals surface area contributed by atoms with Gasteiger partial charge in [-0.05, 0) is 35.0 Å². The van der Waals surface area contributed by atoms with E-state index < -0.39 is 5.54 Å². The van der Waals surface area contributed by atoms with E-state index in [0.717, 1.165) is 5.57 Å². The van der Waals surface area contributed by atoms with Crippen molar-refractivity contribution in [2.24, 2.45) is 33.8 Å². The van der Waals surface area contributed by atoms with Crippen LogP contribution in [0.4, 0.5) is 0 Å². The van der Waals surface area contributed by atoms with Crippen LogP contribution in [0.3, 0.4) is 0 Å². The molecule has 1 heteroatoms. The zero-order chi connectivity index (χ0) is 18.3. The van der Waals surface area contributed by atoms with E-state index in [1.807, 2.05) is 0 Å². The fraction of sp³-hybridized carbons (Fsp3) is 0.810. The molecule has 130 valence electrons. The molecule has 3 atom stereocenters. The highest BCUT2D eigenvalue weighted by Gasteiger charge is 2.46. The Morgan fingerprint density at radius 2 is 1.14 bits per heavy atom. The first-order valence-corrected chi connectivity index (χ1v) is 8.56. The number of rotatable bonds is 5. The second kappa shape index (κ2) is 6.15. The molecule has 3 unspecified atom stereocenters. The molecule has 0 amide bonds. The fourth-order valence-electron chi connectivity index (χ4n) is 3.32. The molecular formula is C21H41N. The van der Waals surface area contributed by atoms with Gasteiger partial charge in [-0.3, -0.25) is 0 Å². The van der Waals surface area contributed by atoms with Crippen molar-refractivity contribution in [1.29, 1.82) is 0 Å². The normalized spacial score (nSPS) is 19.3. The maximum Gasteiger partial charge on any atom is 0.0373 e. The maximum absolute atomic E-state index is 6.79. The van der Waals surface area contributed by atoms with Crippen LogP contribution in [-0.4, -0.2) is 5.54 Å². The van der Waals surface area contributed by atoms with E-state index in [9.17, 15) is 0 Å². The highest BCUT2D eigenvalue weighted by Crippen LogP contribution is 2.49. The second-order valence-electron chi connectivity index (χ2n) is 10.1. The lowest BCUT2D eigenvalue weighted by molar-refractivity contribution is 0.0932. The number of allylic oxidation sites excluding steroid dienone is 1. The molecule has 0 aromatic rings. The number of hydrogen-bond acceptors (Lipinski definition) is 1. The third kappa shape index (κ3) is 4.25. The highest BCUT2D eigenvalue weighted by molar-refractivity contribution is 5.24. The molecule has 0 aliphatic rings. The van der Waals surface area contributed by atoms with Crippen molar-refractivity contribution < 1.29 is 0 Å². The summed E-state index contributed by atoms with van der Waals surface area (Å²) in [6.07, 6.45) is 0. The SMILES string of the molecule is C=C(C(C)C(C)(C)C(C)C(C)(N)C(=C)C(C)(C)C)C(C)(C)C. The third-order valence-electron chi connectivity index (χ3n) is 6.17. The second-order valence-corrected chi connectivity index (χ2v) is 10.1. The lowest BCUT2D eigenvalue weighted by Crippen LogP contribution is -2.54. The molecule has 0 heterocycles. The van der Waals surface area contributed by atoms with Crippen molar-refractivity contribution in [3.8, 4) is 0 Å². The van der Waals surface area contributed by atoms with Crippen LogP contribution in [0.2, 0.25) is 0 Å². The van der Waals surface area contributed by atoms with Gasteiger partial charge in [0.2, 0.25) is 0 Å². The van der Waals surface area contributed by atoms with Crippen molar-refractivity contribution in [3.05, 3.63) is 24.3 Å². The largest absolute Gasteiger partial charge is 0.322 e. The number of nitrogens with two attached hydrogens (primary N) is 1. The summed E-state index contributed by atoms with van der Waals surface area (Å²) in [5, 5.41) is 0. The van der Waals surface area contributed by atoms with E-state index in [2.05, 4.69) is 89.3 Å². The van der Waals surface area contributed by atoms with Gasteiger partial charge in [-0.2, -0.15) is 0 Å². The van der Waals surface area contributed by atoms with E-state index in [1.165, 1.54) is 5.57 Å². The molecule has 2 N–H and O–H groups in total. The summed E-state index contributed by atoms with van der Waals surface area (Å²) >= 11 is 0. The molecule has 0 fully saturated rings. The molecule has 0 spiro atoms. The quantitative estimate of drug-likeness (QED) is 0.601. The van der Waals surface area contributed by atoms with E-state index in [-0.39, 0.29) is 16.2 Å². The van der Waals surface area contributed by atoms with Crippen molar-refractivity contribution in [1.82, 2.24) is 0 Å². The maximum atomic E-state index is 6.79. The lowest BCUT2D eigenvalue weighted by atomic mass is 9.57. The molecule has 1 nitrogen and oxygen atoms in total. The lowest BCUT2D eigenvalue weighted by Gasteiger charge is -2.50. The Morgan fingerprint density at radius 1 is 0.773 bits per heavy atom. The van der Waals surface area contributed by atoms with Crippen molar-refractivity contribution in [2.45, 2.75) is 81.7 Å². The van der Waals surface area contributed by atoms with Gasteiger partial charge in [0, 0.05) is 5.54 Å². The molecule has 22 heavy (non-hydrogen) atoms. The standard InChI is InChI=1S/C21H41N/c1-14(18(5,6)7)15(2)20(11,12)17(4)21(13,22)16(3)19(8,9)10/h15,17H,1,3,22H2,2,4-13H3. The minimum absolute atomic E-state index is 0.0120. The Labute approximate surface area is 140 Å². The van der Waals surface area contributed by atoms with Crippen LogP contribution in [0.5, 0.6) is 0 Å². The molecule has 0 aromatic heterocycles. The van der Waals surface area contributed by atoms with Gasteiger partial charge in [-0.15, -0.1) is 0 Å². The molecule has 0 saturated carbocycles. The van der Waals surface area contributed by atoms with Crippen LogP contribution in [0.25, 0.3) is 0 Å². The van der Waals surface area contributed by atoms with Crippen LogP contribution in [0, 0.1) is 28.1 Å². The van der Waals surface area contributed by atoms with E-state index in [4.69, 9.17) is 5.73 Å². The molecule has 0 saturated heterocycles. The minimum Gasteiger partial charge on any atom is -0.322 e. The van der Waals surface area contributed by atoms with Gasteiger partial charge < -0.3 is 5.73 Å². The Hall–Kier alpha value is -0.560. The molecule has 0 rings (SSSR count). The zero-order valence-corrected chi connectivity index (χ0v) is 17.1. The Morgan fingerprint density at radius 3 is 1.41 bits per heavy atom. The topological polar surface area (TPSA) is 26.0 Å². The van der Waals surface area contributed by atoms with E-state index in [0.29, 0.717) is 11.8 Å². The highest BCUT2D eigenvalue weighted by atomic mass is 14.8. The summed E-state index contributed by atoms with van der Waals surface area (Å²) in [5.41, 5.74) is 8.97. The summed E-state index contributed by atoms with van der Waals surface area (Å²) in [6, 6.07) is 0. The van der Waals surface area contributed by atoms with Crippen molar-refractivity contribution in [3.63, 3.8) is 0 Å². The average molecular weight is 308 g/mol. The Bertz CT molecular complexity index is 424. The smallest absolute Gasteiger partial charge is 0.0373 e. The van der Waals surface area contributed by atoms with E-state index >= 15 is 0 Å². The zero-order valence-electron chi connectivity index (χ0n) is 17.1. The third-order valence-corrected chi connectivity index (χ3v) is 6.17. The summed E-state index contributed by atoms with van der Waals surface area (Å²) in [7, 11) is 0. The van der Waals surface area contributed by atoms with Gasteiger partial charge >= 0.3 is 0 Å². The van der Waals surface area contributed by atoms with Gasteiger partial charge in [-0.1, -0.05) is 93.5 Å². The molecular weight excluding hydrogens is 266 g/mol. The average Bonchev–Trinajstić information content (AvgIpc) is 2.32. The van der Waals surface area contributed by atoms with Gasteiger partial charge in [0.05, 0.1) is 0 Å². The first-order valence-electron chi connectivity index (χ1n) is 8.56. The van der Waals surface area contributed by atoms with Crippen molar-refractivity contribution >= 4 is 0 Å². The van der Waals surface area contributed by atoms with Crippen LogP contribution in [0.1, 0.15) is 76.2 Å². The monoisotopic (exact) mass is 307 g/mol. The number of hydrogen-bond donors (Lipinski definition) is 1. The van der Waals surface area contributed by atoms with Crippen LogP contribution in [-0.2, 0) is 0 Å². The Kier molecular flexibility index (Phi) is 5.99. The van der Waals surface area contributed by atoms with Crippen molar-refractivity contribution in [2.75, 3.05) is 0 Å². The van der Waals surface area contributed by atoms with Crippen LogP contribution < -0.4 is 5.73 Å². The first-order chi connectivity index (χ1) is 9.37. The summed E-state index contributed by atoms with van der Waals surface area (Å²) in [5.74, 6) is 0.680. The van der Waals surface area contributed by atoms with Crippen LogP contribution in [0.15, 0.2) is 24.3 Å². The molecule has 0 aromatic carbocycles. The van der Waals surface area contributed by atoms with Gasteiger partial charge in [-0.25, -0.2) is 0 Å². The molecule has 0 bridgehead atoms. The van der Waals surface area contributed by atoms with Gasteiger partial charge in [0.15, 0.2) is 0 Å².